The Morgan fingerprint density at radius 2 is 1.96 bits per heavy atom. The van der Waals surface area contributed by atoms with Gasteiger partial charge in [-0.1, -0.05) is 29.4 Å². The van der Waals surface area contributed by atoms with Crippen molar-refractivity contribution in [3.05, 3.63) is 65.8 Å². The summed E-state index contributed by atoms with van der Waals surface area (Å²) in [6, 6.07) is 13.5. The zero-order chi connectivity index (χ0) is 18.1. The van der Waals surface area contributed by atoms with Gasteiger partial charge in [-0.2, -0.15) is 4.98 Å². The number of carbonyl (C=O) groups excluding carboxylic acids is 1. The molecular formula is C19H17FN4O2. The van der Waals surface area contributed by atoms with E-state index in [-0.39, 0.29) is 11.7 Å². The summed E-state index contributed by atoms with van der Waals surface area (Å²) in [5.41, 5.74) is 7.00. The molecule has 1 saturated heterocycles. The highest BCUT2D eigenvalue weighted by Gasteiger charge is 2.29. The maximum Gasteiger partial charge on any atom is 0.248 e. The van der Waals surface area contributed by atoms with E-state index in [0.717, 1.165) is 18.5 Å². The van der Waals surface area contributed by atoms with Crippen molar-refractivity contribution >= 4 is 11.6 Å². The summed E-state index contributed by atoms with van der Waals surface area (Å²) in [5, 5.41) is 4.03. The number of anilines is 1. The Morgan fingerprint density at radius 3 is 2.69 bits per heavy atom. The highest BCUT2D eigenvalue weighted by Crippen LogP contribution is 2.32. The predicted octanol–water partition coefficient (Wildman–Crippen LogP) is 2.97. The van der Waals surface area contributed by atoms with Gasteiger partial charge in [0.2, 0.25) is 17.6 Å². The Kier molecular flexibility index (Phi) is 4.12. The van der Waals surface area contributed by atoms with Crippen molar-refractivity contribution in [1.29, 1.82) is 0 Å². The highest BCUT2D eigenvalue weighted by atomic mass is 19.1. The van der Waals surface area contributed by atoms with Crippen LogP contribution in [0, 0.1) is 5.82 Å². The number of hydrogen-bond donors (Lipinski definition) is 1. The molecule has 1 amide bonds. The van der Waals surface area contributed by atoms with Gasteiger partial charge < -0.3 is 15.2 Å². The van der Waals surface area contributed by atoms with Gasteiger partial charge in [-0.3, -0.25) is 4.79 Å². The monoisotopic (exact) mass is 352 g/mol. The van der Waals surface area contributed by atoms with Crippen LogP contribution in [0.25, 0.3) is 11.4 Å². The van der Waals surface area contributed by atoms with Crippen molar-refractivity contribution in [2.75, 3.05) is 18.0 Å². The molecule has 0 radical (unpaired) electrons. The summed E-state index contributed by atoms with van der Waals surface area (Å²) in [6.07, 6.45) is 0.816. The molecule has 2 heterocycles. The van der Waals surface area contributed by atoms with E-state index in [1.807, 2.05) is 11.0 Å². The molecule has 1 aliphatic heterocycles. The molecule has 26 heavy (non-hydrogen) atoms. The lowest BCUT2D eigenvalue weighted by atomic mass is 10.1. The molecular weight excluding hydrogens is 335 g/mol. The lowest BCUT2D eigenvalue weighted by Crippen LogP contribution is -2.20. The van der Waals surface area contributed by atoms with Crippen molar-refractivity contribution in [1.82, 2.24) is 10.1 Å². The maximum atomic E-state index is 14.0. The van der Waals surface area contributed by atoms with Crippen LogP contribution in [0.1, 0.15) is 28.6 Å². The molecule has 2 N–H and O–H groups in total. The minimum Gasteiger partial charge on any atom is -0.368 e. The zero-order valence-electron chi connectivity index (χ0n) is 13.9. The van der Waals surface area contributed by atoms with Crippen molar-refractivity contribution in [3.63, 3.8) is 0 Å². The number of nitrogens with zero attached hydrogens (tertiary/aromatic N) is 3. The first kappa shape index (κ1) is 16.3. The standard InChI is InChI=1S/C19H17FN4O2/c20-15-3-1-2-4-16(15)24-10-9-14(11-24)19-22-18(23-26-19)13-7-5-12(6-8-13)17(21)25/h1-8,14H,9-11H2,(H2,21,25). The van der Waals surface area contributed by atoms with E-state index in [4.69, 9.17) is 10.3 Å². The summed E-state index contributed by atoms with van der Waals surface area (Å²) in [6.45, 7) is 1.36. The van der Waals surface area contributed by atoms with Gasteiger partial charge in [-0.15, -0.1) is 0 Å². The van der Waals surface area contributed by atoms with E-state index < -0.39 is 5.91 Å². The van der Waals surface area contributed by atoms with Gasteiger partial charge in [0.15, 0.2) is 0 Å². The Hall–Kier alpha value is -3.22. The number of carbonyl (C=O) groups is 1. The van der Waals surface area contributed by atoms with E-state index in [9.17, 15) is 9.18 Å². The van der Waals surface area contributed by atoms with Gasteiger partial charge in [0, 0.05) is 24.2 Å². The van der Waals surface area contributed by atoms with Crippen molar-refractivity contribution in [2.45, 2.75) is 12.3 Å². The highest BCUT2D eigenvalue weighted by molar-refractivity contribution is 5.93. The molecule has 1 atom stereocenters. The average molecular weight is 352 g/mol. The molecule has 6 nitrogen and oxygen atoms in total. The molecule has 132 valence electrons. The summed E-state index contributed by atoms with van der Waals surface area (Å²) in [4.78, 5) is 17.6. The molecule has 0 bridgehead atoms. The lowest BCUT2D eigenvalue weighted by molar-refractivity contribution is 0.100. The first-order chi connectivity index (χ1) is 12.6. The molecule has 7 heteroatoms. The minimum absolute atomic E-state index is 0.0562. The Labute approximate surface area is 149 Å². The van der Waals surface area contributed by atoms with Crippen LogP contribution in [0.5, 0.6) is 0 Å². The molecule has 1 aliphatic rings. The first-order valence-corrected chi connectivity index (χ1v) is 8.35. The van der Waals surface area contributed by atoms with Gasteiger partial charge in [0.1, 0.15) is 5.82 Å². The normalized spacial score (nSPS) is 16.8. The number of hydrogen-bond acceptors (Lipinski definition) is 5. The largest absolute Gasteiger partial charge is 0.368 e. The van der Waals surface area contributed by atoms with Gasteiger partial charge >= 0.3 is 0 Å². The number of nitrogens with two attached hydrogens (primary N) is 1. The van der Waals surface area contributed by atoms with Crippen LogP contribution >= 0.6 is 0 Å². The molecule has 1 unspecified atom stereocenters. The molecule has 1 fully saturated rings. The average Bonchev–Trinajstić information content (AvgIpc) is 3.32. The first-order valence-electron chi connectivity index (χ1n) is 8.35. The number of halogens is 1. The predicted molar refractivity (Wildman–Crippen MR) is 94.2 cm³/mol. The van der Waals surface area contributed by atoms with Crippen molar-refractivity contribution in [3.8, 4) is 11.4 Å². The summed E-state index contributed by atoms with van der Waals surface area (Å²) in [5.74, 6) is 0.345. The summed E-state index contributed by atoms with van der Waals surface area (Å²) in [7, 11) is 0. The van der Waals surface area contributed by atoms with Crippen LogP contribution in [-0.2, 0) is 0 Å². The fourth-order valence-electron chi connectivity index (χ4n) is 3.19. The minimum atomic E-state index is -0.482. The molecule has 3 aromatic rings. The zero-order valence-corrected chi connectivity index (χ0v) is 13.9. The molecule has 2 aromatic carbocycles. The van der Waals surface area contributed by atoms with Gasteiger partial charge in [-0.05, 0) is 30.7 Å². The second-order valence-corrected chi connectivity index (χ2v) is 6.28. The third-order valence-corrected chi connectivity index (χ3v) is 4.60. The van der Waals surface area contributed by atoms with Crippen LogP contribution in [0.2, 0.25) is 0 Å². The molecule has 0 spiro atoms. The van der Waals surface area contributed by atoms with E-state index in [1.165, 1.54) is 6.07 Å². The van der Waals surface area contributed by atoms with Gasteiger partial charge in [0.25, 0.3) is 0 Å². The second kappa shape index (κ2) is 6.59. The SMILES string of the molecule is NC(=O)c1ccc(-c2noc(C3CCN(c4ccccc4F)C3)n2)cc1. The van der Waals surface area contributed by atoms with Crippen LogP contribution in [0.3, 0.4) is 0 Å². The van der Waals surface area contributed by atoms with Crippen molar-refractivity contribution in [2.24, 2.45) is 5.73 Å². The van der Waals surface area contributed by atoms with Crippen LogP contribution in [0.4, 0.5) is 10.1 Å². The third kappa shape index (κ3) is 3.03. The number of benzene rings is 2. The fraction of sp³-hybridized carbons (Fsp3) is 0.211. The maximum absolute atomic E-state index is 14.0. The van der Waals surface area contributed by atoms with Gasteiger partial charge in [-0.25, -0.2) is 4.39 Å². The molecule has 0 saturated carbocycles. The number of para-hydroxylation sites is 1. The fourth-order valence-corrected chi connectivity index (χ4v) is 3.19. The van der Waals surface area contributed by atoms with Crippen LogP contribution in [-0.4, -0.2) is 29.1 Å². The van der Waals surface area contributed by atoms with E-state index in [2.05, 4.69) is 10.1 Å². The Balaban J connectivity index is 1.50. The number of amides is 1. The van der Waals surface area contributed by atoms with Gasteiger partial charge in [0.05, 0.1) is 11.6 Å². The molecule has 1 aromatic heterocycles. The third-order valence-electron chi connectivity index (χ3n) is 4.60. The quantitative estimate of drug-likeness (QED) is 0.780. The number of primary amides is 1. The Morgan fingerprint density at radius 1 is 1.19 bits per heavy atom. The number of rotatable bonds is 4. The van der Waals surface area contributed by atoms with E-state index in [1.54, 1.807) is 36.4 Å². The molecule has 4 rings (SSSR count). The van der Waals surface area contributed by atoms with Crippen LogP contribution < -0.4 is 10.6 Å². The number of aromatic nitrogens is 2. The van der Waals surface area contributed by atoms with E-state index in [0.29, 0.717) is 29.5 Å². The topological polar surface area (TPSA) is 85.2 Å². The van der Waals surface area contributed by atoms with Crippen molar-refractivity contribution < 1.29 is 13.7 Å². The molecule has 0 aliphatic carbocycles. The lowest BCUT2D eigenvalue weighted by Gasteiger charge is -2.18. The smallest absolute Gasteiger partial charge is 0.248 e. The summed E-state index contributed by atoms with van der Waals surface area (Å²) >= 11 is 0. The summed E-state index contributed by atoms with van der Waals surface area (Å²) < 4.78 is 19.4. The second-order valence-electron chi connectivity index (χ2n) is 6.28. The Bertz CT molecular complexity index is 939. The van der Waals surface area contributed by atoms with E-state index >= 15 is 0 Å². The van der Waals surface area contributed by atoms with Crippen LogP contribution in [0.15, 0.2) is 53.1 Å².